The summed E-state index contributed by atoms with van der Waals surface area (Å²) in [5.41, 5.74) is 9.99. The number of hydrogen-bond acceptors (Lipinski definition) is 1. The van der Waals surface area contributed by atoms with Crippen LogP contribution in [0.25, 0.3) is 0 Å². The third-order valence-electron chi connectivity index (χ3n) is 2.74. The molecule has 0 aliphatic carbocycles. The van der Waals surface area contributed by atoms with Crippen LogP contribution in [0.4, 0.5) is 5.69 Å². The summed E-state index contributed by atoms with van der Waals surface area (Å²) in [7, 11) is 0. The van der Waals surface area contributed by atoms with E-state index in [-0.39, 0.29) is 0 Å². The molecule has 0 saturated carbocycles. The van der Waals surface area contributed by atoms with Gasteiger partial charge in [0.2, 0.25) is 0 Å². The van der Waals surface area contributed by atoms with Gasteiger partial charge < -0.3 is 5.73 Å². The van der Waals surface area contributed by atoms with Gasteiger partial charge in [0.15, 0.2) is 0 Å². The number of hydrogen-bond donors (Lipinski definition) is 1. The number of anilines is 1. The predicted octanol–water partition coefficient (Wildman–Crippen LogP) is 7.21. The van der Waals surface area contributed by atoms with E-state index in [0.717, 1.165) is 23.2 Å². The van der Waals surface area contributed by atoms with Crippen molar-refractivity contribution < 1.29 is 2.74 Å². The number of nitrogen functional groups attached to an aromatic ring is 1. The fourth-order valence-corrected chi connectivity index (χ4v) is 1.79. The summed E-state index contributed by atoms with van der Waals surface area (Å²) in [5.74, 6) is 0. The molecule has 0 spiro atoms. The van der Waals surface area contributed by atoms with Gasteiger partial charge in [0.05, 0.1) is 0 Å². The average Bonchev–Trinajstić information content (AvgIpc) is 2.65. The Labute approximate surface area is 154 Å². The number of benzene rings is 2. The fourth-order valence-electron chi connectivity index (χ4n) is 1.79. The van der Waals surface area contributed by atoms with E-state index in [2.05, 4.69) is 32.9 Å². The molecule has 24 heavy (non-hydrogen) atoms. The fraction of sp³-hybridized carbons (Fsp3) is 0.478. The van der Waals surface area contributed by atoms with Gasteiger partial charge in [-0.15, -0.1) is 0 Å². The molecule has 0 fully saturated rings. The molecular weight excluding hydrogens is 290 g/mol. The number of nitrogens with two attached hydrogens (primary N) is 1. The van der Waals surface area contributed by atoms with E-state index in [9.17, 15) is 0 Å². The largest absolute Gasteiger partial charge is 0.399 e. The SMILES string of the molecule is CC.CC.[2H]Cc1ccc(CC(C)(C)C)cc1.[2H]Cc1ccc(N)cc1. The zero-order chi connectivity index (χ0) is 20.6. The zero-order valence-electron chi connectivity index (χ0n) is 18.8. The summed E-state index contributed by atoms with van der Waals surface area (Å²) in [6, 6.07) is 15.7. The van der Waals surface area contributed by atoms with E-state index < -0.39 is 0 Å². The van der Waals surface area contributed by atoms with Crippen LogP contribution in [0.3, 0.4) is 0 Å². The molecule has 0 saturated heterocycles. The van der Waals surface area contributed by atoms with E-state index in [1.165, 1.54) is 5.56 Å². The Morgan fingerprint density at radius 1 is 0.750 bits per heavy atom. The first kappa shape index (κ1) is 20.3. The van der Waals surface area contributed by atoms with Crippen LogP contribution in [0, 0.1) is 19.2 Å². The van der Waals surface area contributed by atoms with Gasteiger partial charge in [0.1, 0.15) is 0 Å². The van der Waals surface area contributed by atoms with E-state index in [1.54, 1.807) is 0 Å². The Balaban J connectivity index is 0. The quantitative estimate of drug-likeness (QED) is 0.549. The van der Waals surface area contributed by atoms with Crippen LogP contribution in [0.5, 0.6) is 0 Å². The van der Waals surface area contributed by atoms with Crippen molar-refractivity contribution in [3.63, 3.8) is 0 Å². The van der Waals surface area contributed by atoms with Crippen LogP contribution in [-0.4, -0.2) is 0 Å². The maximum absolute atomic E-state index is 7.19. The molecule has 1 heteroatoms. The molecule has 1 nitrogen and oxygen atoms in total. The van der Waals surface area contributed by atoms with Crippen molar-refractivity contribution in [2.45, 2.75) is 68.7 Å². The van der Waals surface area contributed by atoms with Crippen molar-refractivity contribution >= 4 is 5.69 Å². The molecule has 0 atom stereocenters. The predicted molar refractivity (Wildman–Crippen MR) is 113 cm³/mol. The van der Waals surface area contributed by atoms with Gasteiger partial charge in [0, 0.05) is 8.43 Å². The van der Waals surface area contributed by atoms with Gasteiger partial charge in [-0.2, -0.15) is 0 Å². The highest BCUT2D eigenvalue weighted by Crippen LogP contribution is 2.20. The van der Waals surface area contributed by atoms with Crippen molar-refractivity contribution in [2.24, 2.45) is 5.41 Å². The lowest BCUT2D eigenvalue weighted by molar-refractivity contribution is 0.411. The molecule has 0 aliphatic heterocycles. The number of aryl methyl sites for hydroxylation is 2. The zero-order valence-corrected chi connectivity index (χ0v) is 16.8. The summed E-state index contributed by atoms with van der Waals surface area (Å²) < 4.78 is 14.2. The minimum absolute atomic E-state index is 0.334. The van der Waals surface area contributed by atoms with Gasteiger partial charge in [-0.05, 0) is 43.3 Å². The third kappa shape index (κ3) is 13.9. The van der Waals surface area contributed by atoms with Crippen LogP contribution in [0.2, 0.25) is 0 Å². The number of rotatable bonds is 1. The molecule has 0 heterocycles. The molecule has 2 aromatic carbocycles. The Kier molecular flexibility index (Phi) is 11.5. The van der Waals surface area contributed by atoms with Crippen LogP contribution < -0.4 is 5.73 Å². The highest BCUT2D eigenvalue weighted by Gasteiger charge is 2.10. The van der Waals surface area contributed by atoms with Gasteiger partial charge in [-0.25, -0.2) is 0 Å². The first-order valence-electron chi connectivity index (χ1n) is 10.3. The minimum Gasteiger partial charge on any atom is -0.399 e. The topological polar surface area (TPSA) is 26.0 Å². The van der Waals surface area contributed by atoms with Gasteiger partial charge in [-0.1, -0.05) is 96.0 Å². The highest BCUT2D eigenvalue weighted by atomic mass is 14.5. The van der Waals surface area contributed by atoms with Crippen molar-refractivity contribution in [2.75, 3.05) is 5.73 Å². The van der Waals surface area contributed by atoms with Crippen molar-refractivity contribution in [3.05, 3.63) is 65.2 Å². The normalized spacial score (nSPS) is 10.5. The molecule has 0 radical (unpaired) electrons. The van der Waals surface area contributed by atoms with E-state index in [4.69, 9.17) is 8.48 Å². The second-order valence-electron chi connectivity index (χ2n) is 6.30. The lowest BCUT2D eigenvalue weighted by Gasteiger charge is -2.17. The van der Waals surface area contributed by atoms with E-state index in [0.29, 0.717) is 19.2 Å². The molecule has 136 valence electrons. The summed E-state index contributed by atoms with van der Waals surface area (Å²) in [4.78, 5) is 0. The molecule has 0 bridgehead atoms. The van der Waals surface area contributed by atoms with Gasteiger partial charge >= 0.3 is 0 Å². The summed E-state index contributed by atoms with van der Waals surface area (Å²) >= 11 is 0. The first-order valence-corrected chi connectivity index (χ1v) is 8.85. The molecular formula is C23H39N. The maximum Gasteiger partial charge on any atom is 0.0314 e. The van der Waals surface area contributed by atoms with Crippen LogP contribution in [0.15, 0.2) is 48.5 Å². The molecule has 0 aromatic heterocycles. The van der Waals surface area contributed by atoms with Crippen molar-refractivity contribution in [3.8, 4) is 0 Å². The Morgan fingerprint density at radius 2 is 1.12 bits per heavy atom. The third-order valence-corrected chi connectivity index (χ3v) is 2.74. The van der Waals surface area contributed by atoms with E-state index >= 15 is 0 Å². The van der Waals surface area contributed by atoms with Crippen LogP contribution in [0.1, 0.15) is 67.9 Å². The minimum atomic E-state index is 0.334. The molecule has 2 aromatic rings. The Bertz CT molecular complexity index is 540. The van der Waals surface area contributed by atoms with Crippen LogP contribution in [-0.2, 0) is 6.42 Å². The second-order valence-corrected chi connectivity index (χ2v) is 6.30. The molecule has 0 aliphatic rings. The molecule has 2 rings (SSSR count). The van der Waals surface area contributed by atoms with Crippen molar-refractivity contribution in [1.29, 1.82) is 0 Å². The van der Waals surface area contributed by atoms with Crippen molar-refractivity contribution in [1.82, 2.24) is 0 Å². The summed E-state index contributed by atoms with van der Waals surface area (Å²) in [6.07, 6.45) is 1.10. The summed E-state index contributed by atoms with van der Waals surface area (Å²) in [5, 5.41) is 0. The molecule has 0 unspecified atom stereocenters. The standard InChI is InChI=1S/C12H18.C7H9N.2C2H6/c1-10-5-7-11(8-6-10)9-12(2,3)4;1-6-2-4-7(8)5-3-6;2*1-2/h5-8H,9H2,1-4H3;2-5H,8H2,1H3;2*1-2H3/i2*1D;;. The molecule has 0 amide bonds. The average molecular weight is 332 g/mol. The van der Waals surface area contributed by atoms with Crippen LogP contribution >= 0.6 is 0 Å². The maximum atomic E-state index is 7.19. The van der Waals surface area contributed by atoms with E-state index in [1.807, 2.05) is 64.1 Å². The monoisotopic (exact) mass is 331 g/mol. The van der Waals surface area contributed by atoms with Gasteiger partial charge in [-0.3, -0.25) is 0 Å². The smallest absolute Gasteiger partial charge is 0.0314 e. The molecule has 2 N–H and O–H groups in total. The first-order chi connectivity index (χ1) is 12.3. The van der Waals surface area contributed by atoms with Gasteiger partial charge in [0.25, 0.3) is 0 Å². The second kappa shape index (κ2) is 13.7. The lowest BCUT2D eigenvalue weighted by Crippen LogP contribution is -2.08. The summed E-state index contributed by atoms with van der Waals surface area (Å²) in [6.45, 7) is 15.4. The Hall–Kier alpha value is -1.76. The Morgan fingerprint density at radius 3 is 1.46 bits per heavy atom. The highest BCUT2D eigenvalue weighted by molar-refractivity contribution is 5.38. The lowest BCUT2D eigenvalue weighted by atomic mass is 9.88.